The number of nitrogens with zero attached hydrogens (tertiary/aromatic N) is 2. The van der Waals surface area contributed by atoms with Gasteiger partial charge in [-0.25, -0.2) is 4.79 Å². The second kappa shape index (κ2) is 20.1. The number of methoxy groups -OCH3 is 2. The number of hydrogen-bond donors (Lipinski definition) is 1. The molecule has 1 aliphatic carbocycles. The molecule has 0 aromatic heterocycles. The third kappa shape index (κ3) is 12.5. The van der Waals surface area contributed by atoms with Gasteiger partial charge in [0.2, 0.25) is 5.91 Å². The molecule has 57 heavy (non-hydrogen) atoms. The number of rotatable bonds is 19. The Labute approximate surface area is 335 Å². The van der Waals surface area contributed by atoms with E-state index in [-0.39, 0.29) is 42.9 Å². The molecule has 1 fully saturated rings. The summed E-state index contributed by atoms with van der Waals surface area (Å²) < 4.78 is 49.8. The molecule has 3 amide bonds. The van der Waals surface area contributed by atoms with E-state index in [1.165, 1.54) is 31.3 Å². The van der Waals surface area contributed by atoms with Gasteiger partial charge in [-0.2, -0.15) is 8.42 Å². The van der Waals surface area contributed by atoms with Gasteiger partial charge in [0.15, 0.2) is 6.29 Å². The lowest BCUT2D eigenvalue weighted by atomic mass is 10.0. The van der Waals surface area contributed by atoms with Crippen molar-refractivity contribution < 1.29 is 41.2 Å². The van der Waals surface area contributed by atoms with Crippen molar-refractivity contribution in [3.63, 3.8) is 0 Å². The van der Waals surface area contributed by atoms with E-state index in [0.717, 1.165) is 46.7 Å². The first-order chi connectivity index (χ1) is 27.4. The van der Waals surface area contributed by atoms with E-state index in [1.54, 1.807) is 41.3 Å². The maximum Gasteiger partial charge on any atom is 0.408 e. The maximum atomic E-state index is 14.7. The standard InChI is InChI=1S/C44H51N3O9S/c1-31-19-23-39(24-20-31)57(51,52)56-38(26-41(48)47(37-21-22-37)28-36-18-12-13-32(2)33(36)3)25-40(45-44(50)55-30-35-16-10-7-11-17-35)43(49)46(29-42(53-4)54-5)27-34-14-8-6-9-15-34/h6-20,23-24,26,37,40,42H,21-22,25,27-30H2,1-5H3,(H,45,50)/b38-26+/t40-/m1/s1. The highest BCUT2D eigenvalue weighted by Crippen LogP contribution is 2.31. The molecule has 1 saturated carbocycles. The summed E-state index contributed by atoms with van der Waals surface area (Å²) >= 11 is 0. The average molecular weight is 798 g/mol. The summed E-state index contributed by atoms with van der Waals surface area (Å²) in [6, 6.07) is 28.6. The lowest BCUT2D eigenvalue weighted by Crippen LogP contribution is -2.51. The minimum atomic E-state index is -4.51. The van der Waals surface area contributed by atoms with Gasteiger partial charge in [0.25, 0.3) is 5.91 Å². The molecule has 4 aromatic carbocycles. The molecule has 5 rings (SSSR count). The summed E-state index contributed by atoms with van der Waals surface area (Å²) in [6.07, 6.45) is 0.387. The number of nitrogens with one attached hydrogen (secondary N) is 1. The van der Waals surface area contributed by atoms with Crippen LogP contribution in [-0.2, 0) is 57.8 Å². The zero-order chi connectivity index (χ0) is 41.0. The summed E-state index contributed by atoms with van der Waals surface area (Å²) in [6.45, 7) is 6.05. The van der Waals surface area contributed by atoms with Crippen LogP contribution in [0.3, 0.4) is 0 Å². The van der Waals surface area contributed by atoms with Gasteiger partial charge in [-0.15, -0.1) is 0 Å². The molecule has 0 radical (unpaired) electrons. The number of benzene rings is 4. The molecule has 1 aliphatic rings. The summed E-state index contributed by atoms with van der Waals surface area (Å²) in [5, 5.41) is 2.64. The second-order valence-electron chi connectivity index (χ2n) is 14.1. The Hall–Kier alpha value is -5.50. The number of aryl methyl sites for hydroxylation is 2. The van der Waals surface area contributed by atoms with Gasteiger partial charge >= 0.3 is 16.2 Å². The monoisotopic (exact) mass is 797 g/mol. The zero-order valence-electron chi connectivity index (χ0n) is 33.1. The van der Waals surface area contributed by atoms with Crippen LogP contribution in [0.1, 0.15) is 52.6 Å². The van der Waals surface area contributed by atoms with Crippen molar-refractivity contribution >= 4 is 28.0 Å². The van der Waals surface area contributed by atoms with E-state index in [4.69, 9.17) is 18.4 Å². The molecule has 12 nitrogen and oxygen atoms in total. The van der Waals surface area contributed by atoms with Crippen LogP contribution in [0.15, 0.2) is 120 Å². The van der Waals surface area contributed by atoms with E-state index in [9.17, 15) is 22.8 Å². The first-order valence-corrected chi connectivity index (χ1v) is 20.2. The molecule has 0 unspecified atom stereocenters. The van der Waals surface area contributed by atoms with Gasteiger partial charge in [-0.3, -0.25) is 9.59 Å². The van der Waals surface area contributed by atoms with Gasteiger partial charge in [-0.05, 0) is 73.6 Å². The van der Waals surface area contributed by atoms with Gasteiger partial charge in [0.05, 0.1) is 6.54 Å². The van der Waals surface area contributed by atoms with Crippen molar-refractivity contribution in [3.05, 3.63) is 148 Å². The second-order valence-corrected chi connectivity index (χ2v) is 15.6. The molecule has 0 heterocycles. The van der Waals surface area contributed by atoms with Crippen molar-refractivity contribution in [1.82, 2.24) is 15.1 Å². The van der Waals surface area contributed by atoms with Crippen LogP contribution in [-0.4, -0.2) is 75.3 Å². The number of hydrogen-bond acceptors (Lipinski definition) is 9. The van der Waals surface area contributed by atoms with Gasteiger partial charge in [0.1, 0.15) is 23.3 Å². The Kier molecular flexibility index (Phi) is 15.0. The number of carbonyl (C=O) groups excluding carboxylic acids is 3. The molecular weight excluding hydrogens is 747 g/mol. The van der Waals surface area contributed by atoms with Crippen molar-refractivity contribution in [2.24, 2.45) is 0 Å². The predicted molar refractivity (Wildman–Crippen MR) is 215 cm³/mol. The molecule has 0 bridgehead atoms. The Bertz CT molecular complexity index is 2100. The van der Waals surface area contributed by atoms with Crippen LogP contribution in [0.4, 0.5) is 4.79 Å². The van der Waals surface area contributed by atoms with Crippen LogP contribution < -0.4 is 5.32 Å². The maximum absolute atomic E-state index is 14.7. The fourth-order valence-corrected chi connectivity index (χ4v) is 7.13. The molecular formula is C44H51N3O9S. The predicted octanol–water partition coefficient (Wildman–Crippen LogP) is 6.73. The molecule has 0 aliphatic heterocycles. The Morgan fingerprint density at radius 2 is 1.44 bits per heavy atom. The molecule has 1 N–H and O–H groups in total. The number of amides is 3. The number of alkyl carbamates (subject to hydrolysis) is 1. The topological polar surface area (TPSA) is 141 Å². The lowest BCUT2D eigenvalue weighted by Gasteiger charge is -2.30. The highest BCUT2D eigenvalue weighted by molar-refractivity contribution is 7.86. The van der Waals surface area contributed by atoms with Crippen LogP contribution in [0.2, 0.25) is 0 Å². The van der Waals surface area contributed by atoms with Crippen LogP contribution in [0, 0.1) is 20.8 Å². The smallest absolute Gasteiger partial charge is 0.408 e. The Morgan fingerprint density at radius 3 is 2.05 bits per heavy atom. The summed E-state index contributed by atoms with van der Waals surface area (Å²) in [5.41, 5.74) is 5.40. The molecule has 302 valence electrons. The van der Waals surface area contributed by atoms with E-state index >= 15 is 0 Å². The Morgan fingerprint density at radius 1 is 0.807 bits per heavy atom. The van der Waals surface area contributed by atoms with Crippen molar-refractivity contribution in [3.8, 4) is 0 Å². The van der Waals surface area contributed by atoms with E-state index in [2.05, 4.69) is 5.32 Å². The molecule has 13 heteroatoms. The number of ether oxygens (including phenoxy) is 3. The van der Waals surface area contributed by atoms with Crippen molar-refractivity contribution in [2.45, 2.75) is 83.0 Å². The summed E-state index contributed by atoms with van der Waals surface area (Å²) in [7, 11) is -1.63. The SMILES string of the molecule is COC(CN(Cc1ccccc1)C(=O)[C@@H](C/C(=C\C(=O)N(Cc1cccc(C)c1C)C1CC1)OS(=O)(=O)c1ccc(C)cc1)NC(=O)OCc1ccccc1)OC. The van der Waals surface area contributed by atoms with Gasteiger partial charge in [-0.1, -0.05) is 96.6 Å². The highest BCUT2D eigenvalue weighted by atomic mass is 32.2. The van der Waals surface area contributed by atoms with Crippen LogP contribution in [0.25, 0.3) is 0 Å². The highest BCUT2D eigenvalue weighted by Gasteiger charge is 2.35. The zero-order valence-corrected chi connectivity index (χ0v) is 33.9. The Balaban J connectivity index is 1.53. The summed E-state index contributed by atoms with van der Waals surface area (Å²) in [4.78, 5) is 45.4. The van der Waals surface area contributed by atoms with E-state index in [1.807, 2.05) is 75.4 Å². The first kappa shape index (κ1) is 42.6. The first-order valence-electron chi connectivity index (χ1n) is 18.8. The average Bonchev–Trinajstić information content (AvgIpc) is 4.05. The molecule has 4 aromatic rings. The molecule has 1 atom stereocenters. The number of carbonyl (C=O) groups is 3. The third-order valence-electron chi connectivity index (χ3n) is 9.77. The van der Waals surface area contributed by atoms with Crippen molar-refractivity contribution in [2.75, 3.05) is 20.8 Å². The van der Waals surface area contributed by atoms with E-state index < -0.39 is 46.8 Å². The fraction of sp³-hybridized carbons (Fsp3) is 0.341. The quantitative estimate of drug-likeness (QED) is 0.0474. The fourth-order valence-electron chi connectivity index (χ4n) is 6.16. The normalized spacial score (nSPS) is 13.5. The third-order valence-corrected chi connectivity index (χ3v) is 11.1. The minimum absolute atomic E-state index is 0.0518. The minimum Gasteiger partial charge on any atom is -0.445 e. The van der Waals surface area contributed by atoms with Crippen LogP contribution >= 0.6 is 0 Å². The summed E-state index contributed by atoms with van der Waals surface area (Å²) in [5.74, 6) is -1.47. The van der Waals surface area contributed by atoms with Crippen LogP contribution in [0.5, 0.6) is 0 Å². The van der Waals surface area contributed by atoms with Gasteiger partial charge in [0, 0.05) is 45.8 Å². The largest absolute Gasteiger partial charge is 0.445 e. The molecule has 0 saturated heterocycles. The molecule has 0 spiro atoms. The lowest BCUT2D eigenvalue weighted by molar-refractivity contribution is -0.148. The van der Waals surface area contributed by atoms with Gasteiger partial charge < -0.3 is 33.5 Å². The van der Waals surface area contributed by atoms with E-state index in [0.29, 0.717) is 5.56 Å². The van der Waals surface area contributed by atoms with Crippen molar-refractivity contribution in [1.29, 1.82) is 0 Å².